The van der Waals surface area contributed by atoms with Crippen molar-refractivity contribution in [2.45, 2.75) is 31.7 Å². The summed E-state index contributed by atoms with van der Waals surface area (Å²) in [4.78, 5) is 20.7. The molecule has 2 heterocycles. The normalized spacial score (nSPS) is 18.5. The first-order valence-corrected chi connectivity index (χ1v) is 7.80. The fourth-order valence-corrected chi connectivity index (χ4v) is 2.80. The van der Waals surface area contributed by atoms with E-state index in [1.165, 1.54) is 18.3 Å². The summed E-state index contributed by atoms with van der Waals surface area (Å²) in [5.74, 6) is 0.0730. The number of carbonyl (C=O) groups excluding carboxylic acids is 1. The van der Waals surface area contributed by atoms with E-state index in [9.17, 15) is 13.6 Å². The number of alkyl halides is 2. The quantitative estimate of drug-likeness (QED) is 0.804. The highest BCUT2D eigenvalue weighted by Gasteiger charge is 2.28. The van der Waals surface area contributed by atoms with Gasteiger partial charge in [0.05, 0.1) is 0 Å². The van der Waals surface area contributed by atoms with E-state index in [0.29, 0.717) is 6.54 Å². The van der Waals surface area contributed by atoms with Crippen LogP contribution in [0, 0.1) is 0 Å². The predicted octanol–water partition coefficient (Wildman–Crippen LogP) is 2.28. The number of hydrogen-bond donors (Lipinski definition) is 0. The number of hydrogen-bond acceptors (Lipinski definition) is 4. The molecule has 1 fully saturated rings. The van der Waals surface area contributed by atoms with Crippen LogP contribution in [-0.4, -0.2) is 67.0 Å². The number of pyridine rings is 1. The van der Waals surface area contributed by atoms with Gasteiger partial charge < -0.3 is 14.5 Å². The Morgan fingerprint density at radius 3 is 2.96 bits per heavy atom. The molecule has 7 heteroatoms. The van der Waals surface area contributed by atoms with Crippen LogP contribution in [0.15, 0.2) is 18.3 Å². The lowest BCUT2D eigenvalue weighted by atomic mass is 10.0. The van der Waals surface area contributed by atoms with Gasteiger partial charge in [-0.05, 0) is 39.4 Å². The van der Waals surface area contributed by atoms with E-state index >= 15 is 0 Å². The summed E-state index contributed by atoms with van der Waals surface area (Å²) in [5, 5.41) is 0. The molecule has 0 radical (unpaired) electrons. The smallest absolute Gasteiger partial charge is 0.272 e. The Balaban J connectivity index is 2.09. The highest BCUT2D eigenvalue weighted by Crippen LogP contribution is 2.21. The second-order valence-electron chi connectivity index (χ2n) is 5.99. The largest absolute Gasteiger partial charge is 0.488 e. The van der Waals surface area contributed by atoms with Crippen LogP contribution in [0.4, 0.5) is 8.78 Å². The van der Waals surface area contributed by atoms with E-state index in [1.807, 2.05) is 19.0 Å². The van der Waals surface area contributed by atoms with Gasteiger partial charge in [0.15, 0.2) is 0 Å². The summed E-state index contributed by atoms with van der Waals surface area (Å²) < 4.78 is 29.4. The molecule has 1 saturated heterocycles. The topological polar surface area (TPSA) is 45.7 Å². The number of piperidine rings is 1. The Morgan fingerprint density at radius 2 is 2.26 bits per heavy atom. The van der Waals surface area contributed by atoms with Gasteiger partial charge in [-0.15, -0.1) is 0 Å². The Labute approximate surface area is 135 Å². The molecule has 5 nitrogen and oxygen atoms in total. The molecule has 23 heavy (non-hydrogen) atoms. The molecule has 1 atom stereocenters. The Bertz CT molecular complexity index is 526. The minimum absolute atomic E-state index is 0.152. The van der Waals surface area contributed by atoms with Crippen molar-refractivity contribution in [2.75, 3.05) is 33.8 Å². The van der Waals surface area contributed by atoms with Crippen LogP contribution in [0.5, 0.6) is 5.75 Å². The van der Waals surface area contributed by atoms with Gasteiger partial charge in [-0.1, -0.05) is 0 Å². The van der Waals surface area contributed by atoms with E-state index in [0.717, 1.165) is 25.8 Å². The third-order valence-corrected chi connectivity index (χ3v) is 3.79. The third-order valence-electron chi connectivity index (χ3n) is 3.79. The van der Waals surface area contributed by atoms with Crippen molar-refractivity contribution in [2.24, 2.45) is 0 Å². The molecule has 0 aliphatic carbocycles. The van der Waals surface area contributed by atoms with Crippen molar-refractivity contribution >= 4 is 5.91 Å². The van der Waals surface area contributed by atoms with Gasteiger partial charge in [0.2, 0.25) is 0 Å². The van der Waals surface area contributed by atoms with Gasteiger partial charge in [-0.25, -0.2) is 8.78 Å². The number of rotatable bonds is 6. The number of likely N-dealkylation sites (tertiary alicyclic amines) is 1. The van der Waals surface area contributed by atoms with Crippen LogP contribution in [-0.2, 0) is 0 Å². The van der Waals surface area contributed by atoms with Crippen LogP contribution >= 0.6 is 0 Å². The number of ether oxygens (including phenoxy) is 1. The Kier molecular flexibility index (Phi) is 6.27. The van der Waals surface area contributed by atoms with Crippen LogP contribution in [0.1, 0.15) is 29.8 Å². The SMILES string of the molecule is CN(C)C[C@H]1CCCCN1C(=O)c1cc(OCC(F)F)ccn1. The van der Waals surface area contributed by atoms with Crippen molar-refractivity contribution < 1.29 is 18.3 Å². The van der Waals surface area contributed by atoms with E-state index in [4.69, 9.17) is 4.74 Å². The lowest BCUT2D eigenvalue weighted by Gasteiger charge is -2.37. The molecule has 1 aromatic rings. The van der Waals surface area contributed by atoms with Crippen molar-refractivity contribution in [3.63, 3.8) is 0 Å². The molecule has 1 amide bonds. The predicted molar refractivity (Wildman–Crippen MR) is 83.0 cm³/mol. The fraction of sp³-hybridized carbons (Fsp3) is 0.625. The third kappa shape index (κ3) is 5.13. The average Bonchev–Trinajstić information content (AvgIpc) is 2.52. The molecule has 0 N–H and O–H groups in total. The van der Waals surface area contributed by atoms with Gasteiger partial charge >= 0.3 is 0 Å². The summed E-state index contributed by atoms with van der Waals surface area (Å²) in [6.07, 6.45) is 1.91. The molecule has 1 aliphatic rings. The molecular weight excluding hydrogens is 304 g/mol. The zero-order valence-corrected chi connectivity index (χ0v) is 13.5. The number of likely N-dealkylation sites (N-methyl/N-ethyl adjacent to an activating group) is 1. The van der Waals surface area contributed by atoms with E-state index < -0.39 is 13.0 Å². The van der Waals surface area contributed by atoms with Crippen molar-refractivity contribution in [1.82, 2.24) is 14.8 Å². The highest BCUT2D eigenvalue weighted by atomic mass is 19.3. The molecule has 1 aromatic heterocycles. The monoisotopic (exact) mass is 327 g/mol. The van der Waals surface area contributed by atoms with Crippen molar-refractivity contribution in [3.8, 4) is 5.75 Å². The zero-order chi connectivity index (χ0) is 16.8. The fourth-order valence-electron chi connectivity index (χ4n) is 2.80. The van der Waals surface area contributed by atoms with E-state index in [1.54, 1.807) is 0 Å². The maximum absolute atomic E-state index is 12.7. The minimum atomic E-state index is -2.55. The first kappa shape index (κ1) is 17.6. The number of aromatic nitrogens is 1. The number of nitrogens with zero attached hydrogens (tertiary/aromatic N) is 3. The lowest BCUT2D eigenvalue weighted by Crippen LogP contribution is -2.48. The first-order valence-electron chi connectivity index (χ1n) is 7.80. The van der Waals surface area contributed by atoms with Crippen LogP contribution in [0.2, 0.25) is 0 Å². The van der Waals surface area contributed by atoms with Gasteiger partial charge in [0.25, 0.3) is 12.3 Å². The average molecular weight is 327 g/mol. The molecule has 0 spiro atoms. The van der Waals surface area contributed by atoms with E-state index in [2.05, 4.69) is 9.88 Å². The summed E-state index contributed by atoms with van der Waals surface area (Å²) >= 11 is 0. The number of halogens is 2. The molecule has 0 aromatic carbocycles. The summed E-state index contributed by atoms with van der Waals surface area (Å²) in [5.41, 5.74) is 0.238. The molecule has 0 unspecified atom stereocenters. The lowest BCUT2D eigenvalue weighted by molar-refractivity contribution is 0.0567. The Morgan fingerprint density at radius 1 is 1.48 bits per heavy atom. The second-order valence-corrected chi connectivity index (χ2v) is 5.99. The number of carbonyl (C=O) groups is 1. The van der Waals surface area contributed by atoms with Gasteiger partial charge in [-0.3, -0.25) is 9.78 Å². The first-order chi connectivity index (χ1) is 11.0. The van der Waals surface area contributed by atoms with Gasteiger partial charge in [-0.2, -0.15) is 0 Å². The highest BCUT2D eigenvalue weighted by molar-refractivity contribution is 5.93. The van der Waals surface area contributed by atoms with Gasteiger partial charge in [0, 0.05) is 31.4 Å². The van der Waals surface area contributed by atoms with Crippen molar-refractivity contribution in [3.05, 3.63) is 24.0 Å². The molecule has 1 aliphatic heterocycles. The summed E-state index contributed by atoms with van der Waals surface area (Å²) in [6, 6.07) is 3.07. The van der Waals surface area contributed by atoms with Crippen LogP contribution in [0.25, 0.3) is 0 Å². The standard InChI is InChI=1S/C16H23F2N3O2/c1-20(2)10-12-5-3-4-8-21(12)16(22)14-9-13(6-7-19-14)23-11-15(17)18/h6-7,9,12,15H,3-5,8,10-11H2,1-2H3/t12-/m1/s1. The maximum Gasteiger partial charge on any atom is 0.272 e. The maximum atomic E-state index is 12.7. The molecule has 0 bridgehead atoms. The number of amides is 1. The second kappa shape index (κ2) is 8.19. The van der Waals surface area contributed by atoms with Crippen LogP contribution < -0.4 is 4.74 Å². The Hall–Kier alpha value is -1.76. The van der Waals surface area contributed by atoms with Crippen molar-refractivity contribution in [1.29, 1.82) is 0 Å². The van der Waals surface area contributed by atoms with Crippen LogP contribution in [0.3, 0.4) is 0 Å². The van der Waals surface area contributed by atoms with Gasteiger partial charge in [0.1, 0.15) is 18.1 Å². The molecule has 128 valence electrons. The van der Waals surface area contributed by atoms with E-state index in [-0.39, 0.29) is 23.4 Å². The summed E-state index contributed by atoms with van der Waals surface area (Å²) in [7, 11) is 3.96. The minimum Gasteiger partial charge on any atom is -0.488 e. The molecular formula is C16H23F2N3O2. The summed E-state index contributed by atoms with van der Waals surface area (Å²) in [6.45, 7) is 0.805. The molecule has 0 saturated carbocycles. The molecule has 2 rings (SSSR count). The zero-order valence-electron chi connectivity index (χ0n) is 13.5.